The van der Waals surface area contributed by atoms with Crippen LogP contribution in [0.25, 0.3) is 0 Å². The third-order valence-electron chi connectivity index (χ3n) is 4.23. The lowest BCUT2D eigenvalue weighted by Crippen LogP contribution is -2.39. The molecule has 0 spiro atoms. The van der Waals surface area contributed by atoms with Gasteiger partial charge >= 0.3 is 12.1 Å². The van der Waals surface area contributed by atoms with Gasteiger partial charge in [-0.2, -0.15) is 13.2 Å². The second-order valence-corrected chi connectivity index (χ2v) is 6.84. The summed E-state index contributed by atoms with van der Waals surface area (Å²) >= 11 is 6.00. The normalized spacial score (nSPS) is 13.7. The number of ether oxygens (including phenoxy) is 1. The fourth-order valence-corrected chi connectivity index (χ4v) is 2.83. The predicted octanol–water partition coefficient (Wildman–Crippen LogP) is 4.68. The van der Waals surface area contributed by atoms with E-state index in [1.54, 1.807) is 30.0 Å². The molecule has 0 aliphatic rings. The number of rotatable bonds is 7. The van der Waals surface area contributed by atoms with Crippen LogP contribution >= 0.6 is 11.6 Å². The van der Waals surface area contributed by atoms with E-state index in [0.29, 0.717) is 24.2 Å². The number of carbonyl (C=O) groups is 1. The standard InChI is InChI=1S/C20H21ClF3NO3/c1-3-28-18(26)13-25(12-14-5-4-6-16(21)11-14)17-9-7-15(8-10-17)19(2,27)20(22,23)24/h4-11,27H,3,12-13H2,1-2H3. The average Bonchev–Trinajstić information content (AvgIpc) is 2.60. The molecule has 1 atom stereocenters. The van der Waals surface area contributed by atoms with Crippen molar-refractivity contribution in [2.45, 2.75) is 32.2 Å². The lowest BCUT2D eigenvalue weighted by atomic mass is 9.95. The van der Waals surface area contributed by atoms with Crippen LogP contribution in [0.2, 0.25) is 5.02 Å². The highest BCUT2D eigenvalue weighted by Gasteiger charge is 2.51. The van der Waals surface area contributed by atoms with Gasteiger partial charge in [0.2, 0.25) is 0 Å². The molecule has 0 heterocycles. The Balaban J connectivity index is 2.30. The highest BCUT2D eigenvalue weighted by molar-refractivity contribution is 6.30. The fraction of sp³-hybridized carbons (Fsp3) is 0.350. The van der Waals surface area contributed by atoms with E-state index in [4.69, 9.17) is 16.3 Å². The van der Waals surface area contributed by atoms with E-state index < -0.39 is 17.7 Å². The van der Waals surface area contributed by atoms with Crippen LogP contribution in [0, 0.1) is 0 Å². The maximum Gasteiger partial charge on any atom is 0.421 e. The van der Waals surface area contributed by atoms with E-state index in [2.05, 4.69) is 0 Å². The largest absolute Gasteiger partial charge is 0.465 e. The van der Waals surface area contributed by atoms with Gasteiger partial charge in [-0.3, -0.25) is 4.79 Å². The van der Waals surface area contributed by atoms with Crippen LogP contribution in [0.5, 0.6) is 0 Å². The highest BCUT2D eigenvalue weighted by atomic mass is 35.5. The molecule has 0 aliphatic carbocycles. The molecule has 0 fully saturated rings. The molecule has 0 amide bonds. The number of esters is 1. The van der Waals surface area contributed by atoms with Gasteiger partial charge < -0.3 is 14.7 Å². The molecule has 1 N–H and O–H groups in total. The Morgan fingerprint density at radius 2 is 1.82 bits per heavy atom. The van der Waals surface area contributed by atoms with Gasteiger partial charge in [-0.25, -0.2) is 0 Å². The molecule has 0 saturated heterocycles. The molecular formula is C20H21ClF3NO3. The third-order valence-corrected chi connectivity index (χ3v) is 4.47. The first kappa shape index (κ1) is 22.0. The van der Waals surface area contributed by atoms with Gasteiger partial charge in [0.25, 0.3) is 0 Å². The molecule has 2 aromatic carbocycles. The van der Waals surface area contributed by atoms with Gasteiger partial charge in [0, 0.05) is 17.3 Å². The van der Waals surface area contributed by atoms with Crippen molar-refractivity contribution in [2.24, 2.45) is 0 Å². The molecule has 0 aliphatic heterocycles. The lowest BCUT2D eigenvalue weighted by molar-refractivity contribution is -0.258. The van der Waals surface area contributed by atoms with Crippen LogP contribution in [0.4, 0.5) is 18.9 Å². The Morgan fingerprint density at radius 3 is 2.36 bits per heavy atom. The summed E-state index contributed by atoms with van der Waals surface area (Å²) in [5, 5.41) is 10.3. The van der Waals surface area contributed by atoms with Crippen LogP contribution in [-0.4, -0.2) is 30.4 Å². The summed E-state index contributed by atoms with van der Waals surface area (Å²) in [5.41, 5.74) is -1.93. The second kappa shape index (κ2) is 8.84. The van der Waals surface area contributed by atoms with Crippen molar-refractivity contribution in [1.29, 1.82) is 0 Å². The number of hydrogen-bond acceptors (Lipinski definition) is 4. The van der Waals surface area contributed by atoms with Crippen LogP contribution in [0.3, 0.4) is 0 Å². The minimum atomic E-state index is -4.81. The van der Waals surface area contributed by atoms with Crippen molar-refractivity contribution in [3.63, 3.8) is 0 Å². The summed E-state index contributed by atoms with van der Waals surface area (Å²) in [5.74, 6) is -0.462. The van der Waals surface area contributed by atoms with E-state index in [9.17, 15) is 23.1 Å². The zero-order valence-corrected chi connectivity index (χ0v) is 16.2. The van der Waals surface area contributed by atoms with Crippen molar-refractivity contribution < 1.29 is 27.8 Å². The monoisotopic (exact) mass is 415 g/mol. The topological polar surface area (TPSA) is 49.8 Å². The van der Waals surface area contributed by atoms with Crippen LogP contribution in [0.1, 0.15) is 25.0 Å². The molecule has 1 unspecified atom stereocenters. The molecule has 4 nitrogen and oxygen atoms in total. The van der Waals surface area contributed by atoms with Gasteiger partial charge in [0.1, 0.15) is 6.54 Å². The minimum Gasteiger partial charge on any atom is -0.465 e. The lowest BCUT2D eigenvalue weighted by Gasteiger charge is -2.28. The number of carbonyl (C=O) groups excluding carboxylic acids is 1. The highest BCUT2D eigenvalue weighted by Crippen LogP contribution is 2.39. The molecule has 0 radical (unpaired) electrons. The maximum atomic E-state index is 13.0. The Kier molecular flexibility index (Phi) is 6.96. The summed E-state index contributed by atoms with van der Waals surface area (Å²) in [6.07, 6.45) is -4.81. The molecule has 152 valence electrons. The number of nitrogens with zero attached hydrogens (tertiary/aromatic N) is 1. The van der Waals surface area contributed by atoms with E-state index in [-0.39, 0.29) is 18.7 Å². The first-order chi connectivity index (χ1) is 13.0. The molecule has 8 heteroatoms. The summed E-state index contributed by atoms with van der Waals surface area (Å²) in [7, 11) is 0. The van der Waals surface area contributed by atoms with Crippen molar-refractivity contribution in [2.75, 3.05) is 18.1 Å². The van der Waals surface area contributed by atoms with Gasteiger partial charge in [0.15, 0.2) is 5.60 Å². The quantitative estimate of drug-likeness (QED) is 0.667. The number of aliphatic hydroxyl groups is 1. The predicted molar refractivity (Wildman–Crippen MR) is 101 cm³/mol. The Hall–Kier alpha value is -2.25. The fourth-order valence-electron chi connectivity index (χ4n) is 2.62. The average molecular weight is 416 g/mol. The van der Waals surface area contributed by atoms with Crippen molar-refractivity contribution in [1.82, 2.24) is 0 Å². The first-order valence-electron chi connectivity index (χ1n) is 8.59. The maximum absolute atomic E-state index is 13.0. The third kappa shape index (κ3) is 5.39. The van der Waals surface area contributed by atoms with E-state index in [1.807, 2.05) is 6.07 Å². The molecule has 0 saturated carbocycles. The van der Waals surface area contributed by atoms with Crippen LogP contribution in [0.15, 0.2) is 48.5 Å². The SMILES string of the molecule is CCOC(=O)CN(Cc1cccc(Cl)c1)c1ccc(C(C)(O)C(F)(F)F)cc1. The Bertz CT molecular complexity index is 807. The van der Waals surface area contributed by atoms with E-state index >= 15 is 0 Å². The van der Waals surface area contributed by atoms with Crippen molar-refractivity contribution in [3.05, 3.63) is 64.7 Å². The zero-order valence-electron chi connectivity index (χ0n) is 15.5. The van der Waals surface area contributed by atoms with E-state index in [1.165, 1.54) is 24.3 Å². The van der Waals surface area contributed by atoms with Crippen molar-refractivity contribution in [3.8, 4) is 0 Å². The molecule has 2 aromatic rings. The smallest absolute Gasteiger partial charge is 0.421 e. The Morgan fingerprint density at radius 1 is 1.18 bits per heavy atom. The summed E-state index contributed by atoms with van der Waals surface area (Å²) in [6.45, 7) is 2.82. The molecule has 0 bridgehead atoms. The number of alkyl halides is 3. The summed E-state index contributed by atoms with van der Waals surface area (Å²) in [6, 6.07) is 12.3. The minimum absolute atomic E-state index is 0.0879. The number of anilines is 1. The van der Waals surface area contributed by atoms with Gasteiger partial charge in [0.05, 0.1) is 6.61 Å². The molecular weight excluding hydrogens is 395 g/mol. The number of benzene rings is 2. The molecule has 0 aromatic heterocycles. The second-order valence-electron chi connectivity index (χ2n) is 6.41. The van der Waals surface area contributed by atoms with Crippen LogP contribution in [-0.2, 0) is 21.7 Å². The number of hydrogen-bond donors (Lipinski definition) is 1. The molecule has 28 heavy (non-hydrogen) atoms. The summed E-state index contributed by atoms with van der Waals surface area (Å²) < 4.78 is 44.1. The van der Waals surface area contributed by atoms with E-state index in [0.717, 1.165) is 5.56 Å². The van der Waals surface area contributed by atoms with Gasteiger partial charge in [-0.05, 0) is 49.2 Å². The first-order valence-corrected chi connectivity index (χ1v) is 8.97. The van der Waals surface area contributed by atoms with Gasteiger partial charge in [-0.1, -0.05) is 35.9 Å². The summed E-state index contributed by atoms with van der Waals surface area (Å²) in [4.78, 5) is 13.6. The number of halogens is 4. The van der Waals surface area contributed by atoms with Gasteiger partial charge in [-0.15, -0.1) is 0 Å². The molecule has 2 rings (SSSR count). The zero-order chi connectivity index (χ0) is 20.9. The van der Waals surface area contributed by atoms with Crippen molar-refractivity contribution >= 4 is 23.3 Å². The Labute approximate surface area is 166 Å². The van der Waals surface area contributed by atoms with Crippen LogP contribution < -0.4 is 4.90 Å².